The number of hydrogen-bond donors (Lipinski definition) is 0. The lowest BCUT2D eigenvalue weighted by Gasteiger charge is -2.36. The normalized spacial score (nSPS) is 25.2. The van der Waals surface area contributed by atoms with Gasteiger partial charge in [0.1, 0.15) is 4.90 Å². The molecule has 5 rings (SSSR count). The molecule has 25 heavy (non-hydrogen) atoms. The van der Waals surface area contributed by atoms with Crippen LogP contribution in [0.1, 0.15) is 18.4 Å². The topological polar surface area (TPSA) is 58.4 Å². The van der Waals surface area contributed by atoms with Crippen LogP contribution in [0.15, 0.2) is 47.6 Å². The van der Waals surface area contributed by atoms with Gasteiger partial charge in [-0.15, -0.1) is 0 Å². The summed E-state index contributed by atoms with van der Waals surface area (Å²) in [7, 11) is -1.72. The molecule has 0 saturated carbocycles. The summed E-state index contributed by atoms with van der Waals surface area (Å²) in [6.45, 7) is 3.04. The van der Waals surface area contributed by atoms with Gasteiger partial charge in [0.2, 0.25) is 10.0 Å². The van der Waals surface area contributed by atoms with Crippen molar-refractivity contribution in [3.8, 4) is 0 Å². The van der Waals surface area contributed by atoms with Gasteiger partial charge in [-0.1, -0.05) is 30.3 Å². The molecule has 0 radical (unpaired) electrons. The molecule has 134 valence electrons. The summed E-state index contributed by atoms with van der Waals surface area (Å²) in [6.07, 6.45) is 5.21. The highest BCUT2D eigenvalue weighted by Crippen LogP contribution is 2.31. The van der Waals surface area contributed by atoms with E-state index in [1.54, 1.807) is 22.2 Å². The molecule has 0 amide bonds. The van der Waals surface area contributed by atoms with Gasteiger partial charge >= 0.3 is 0 Å². The fraction of sp³-hybridized carbons (Fsp3) is 0.500. The number of aromatic nitrogens is 2. The van der Waals surface area contributed by atoms with Crippen LogP contribution in [0.3, 0.4) is 0 Å². The lowest BCUT2D eigenvalue weighted by atomic mass is 9.94. The summed E-state index contributed by atoms with van der Waals surface area (Å²) in [5.74, 6) is 0.397. The van der Waals surface area contributed by atoms with Gasteiger partial charge in [0.25, 0.3) is 0 Å². The lowest BCUT2D eigenvalue weighted by molar-refractivity contribution is 0.125. The number of benzene rings is 1. The van der Waals surface area contributed by atoms with E-state index in [-0.39, 0.29) is 6.04 Å². The first-order valence-corrected chi connectivity index (χ1v) is 10.2. The Morgan fingerprint density at radius 1 is 1.12 bits per heavy atom. The molecule has 0 spiro atoms. The van der Waals surface area contributed by atoms with Crippen molar-refractivity contribution in [1.82, 2.24) is 19.0 Å². The quantitative estimate of drug-likeness (QED) is 0.833. The van der Waals surface area contributed by atoms with Crippen LogP contribution in [0.4, 0.5) is 0 Å². The Bertz CT molecular complexity index is 834. The molecule has 3 saturated heterocycles. The zero-order valence-electron chi connectivity index (χ0n) is 14.5. The van der Waals surface area contributed by atoms with E-state index >= 15 is 0 Å². The fourth-order valence-corrected chi connectivity index (χ4v) is 5.56. The predicted octanol–water partition coefficient (Wildman–Crippen LogP) is 1.71. The second kappa shape index (κ2) is 6.55. The summed E-state index contributed by atoms with van der Waals surface area (Å²) in [5.41, 5.74) is 1.29. The van der Waals surface area contributed by atoms with E-state index in [0.29, 0.717) is 23.9 Å². The minimum absolute atomic E-state index is 0.283. The zero-order valence-corrected chi connectivity index (χ0v) is 15.3. The minimum atomic E-state index is -3.46. The second-order valence-corrected chi connectivity index (χ2v) is 9.12. The zero-order chi connectivity index (χ0) is 17.4. The maximum Gasteiger partial charge on any atom is 0.246 e. The highest BCUT2D eigenvalue weighted by Gasteiger charge is 2.39. The predicted molar refractivity (Wildman–Crippen MR) is 95.3 cm³/mol. The van der Waals surface area contributed by atoms with Gasteiger partial charge in [0, 0.05) is 45.5 Å². The molecular formula is C18H24N4O2S. The van der Waals surface area contributed by atoms with E-state index in [1.165, 1.54) is 11.8 Å². The SMILES string of the molecule is Cn1cc(S(=O)(=O)N2C[C@@H]3CC[C@H](C2)N(Cc2ccccc2)C3)cn1. The molecule has 2 atom stereocenters. The first-order valence-electron chi connectivity index (χ1n) is 8.79. The van der Waals surface area contributed by atoms with Gasteiger partial charge in [-0.05, 0) is 24.3 Å². The third-order valence-electron chi connectivity index (χ3n) is 5.34. The van der Waals surface area contributed by atoms with Crippen molar-refractivity contribution in [1.29, 1.82) is 0 Å². The Labute approximate surface area is 149 Å². The van der Waals surface area contributed by atoms with E-state index < -0.39 is 10.0 Å². The van der Waals surface area contributed by atoms with Crippen LogP contribution < -0.4 is 0 Å². The van der Waals surface area contributed by atoms with E-state index in [2.05, 4.69) is 34.3 Å². The monoisotopic (exact) mass is 360 g/mol. The fourth-order valence-electron chi connectivity index (χ4n) is 4.02. The van der Waals surface area contributed by atoms with Gasteiger partial charge in [0.05, 0.1) is 6.20 Å². The summed E-state index contributed by atoms with van der Waals surface area (Å²) < 4.78 is 29.2. The number of aryl methyl sites for hydroxylation is 1. The van der Waals surface area contributed by atoms with Crippen molar-refractivity contribution in [3.63, 3.8) is 0 Å². The van der Waals surface area contributed by atoms with Crippen molar-refractivity contribution in [2.24, 2.45) is 13.0 Å². The van der Waals surface area contributed by atoms with Gasteiger partial charge < -0.3 is 0 Å². The maximum atomic E-state index is 13.0. The van der Waals surface area contributed by atoms with Crippen molar-refractivity contribution >= 4 is 10.0 Å². The number of rotatable bonds is 4. The number of nitrogens with zero attached hydrogens (tertiary/aromatic N) is 4. The average Bonchev–Trinajstić information content (AvgIpc) is 2.84. The molecule has 4 heterocycles. The lowest BCUT2D eigenvalue weighted by Crippen LogP contribution is -2.43. The number of piperidine rings is 1. The minimum Gasteiger partial charge on any atom is -0.294 e. The molecule has 0 N–H and O–H groups in total. The van der Waals surface area contributed by atoms with Crippen molar-refractivity contribution in [3.05, 3.63) is 48.3 Å². The van der Waals surface area contributed by atoms with Crippen LogP contribution in [0, 0.1) is 5.92 Å². The summed E-state index contributed by atoms with van der Waals surface area (Å²) in [6, 6.07) is 10.7. The third-order valence-corrected chi connectivity index (χ3v) is 7.13. The third kappa shape index (κ3) is 3.36. The van der Waals surface area contributed by atoms with E-state index in [4.69, 9.17) is 0 Å². The summed E-state index contributed by atoms with van der Waals surface area (Å²) in [4.78, 5) is 2.76. The Hall–Kier alpha value is -1.70. The van der Waals surface area contributed by atoms with Crippen LogP contribution in [0.2, 0.25) is 0 Å². The van der Waals surface area contributed by atoms with E-state index in [1.807, 2.05) is 6.07 Å². The van der Waals surface area contributed by atoms with Crippen LogP contribution in [-0.4, -0.2) is 53.1 Å². The van der Waals surface area contributed by atoms with Crippen LogP contribution in [0.5, 0.6) is 0 Å². The first kappa shape index (κ1) is 16.8. The molecule has 0 unspecified atom stereocenters. The molecular weight excluding hydrogens is 336 g/mol. The molecule has 3 aliphatic rings. The highest BCUT2D eigenvalue weighted by atomic mass is 32.2. The van der Waals surface area contributed by atoms with Crippen LogP contribution in [0.25, 0.3) is 0 Å². The molecule has 6 nitrogen and oxygen atoms in total. The standard InChI is InChI=1S/C18H24N4O2S/c1-20-14-18(9-19-20)25(23,24)22-12-16-7-8-17(13-22)21(11-16)10-15-5-3-2-4-6-15/h2-6,9,14,16-17H,7-8,10-13H2,1H3/t16-,17-/m1/s1. The number of hydrogen-bond acceptors (Lipinski definition) is 4. The van der Waals surface area contributed by atoms with Gasteiger partial charge in [-0.2, -0.15) is 9.40 Å². The Kier molecular flexibility index (Phi) is 4.39. The average molecular weight is 360 g/mol. The Morgan fingerprint density at radius 2 is 1.92 bits per heavy atom. The molecule has 1 aromatic carbocycles. The number of sulfonamides is 1. The Balaban J connectivity index is 1.55. The Morgan fingerprint density at radius 3 is 2.64 bits per heavy atom. The van der Waals surface area contributed by atoms with Crippen molar-refractivity contribution < 1.29 is 8.42 Å². The highest BCUT2D eigenvalue weighted by molar-refractivity contribution is 7.89. The van der Waals surface area contributed by atoms with E-state index in [0.717, 1.165) is 25.9 Å². The molecule has 2 aromatic rings. The largest absolute Gasteiger partial charge is 0.294 e. The molecule has 3 aliphatic heterocycles. The molecule has 1 aromatic heterocycles. The summed E-state index contributed by atoms with van der Waals surface area (Å²) in [5, 5.41) is 4.03. The van der Waals surface area contributed by atoms with Crippen LogP contribution in [-0.2, 0) is 23.6 Å². The van der Waals surface area contributed by atoms with Gasteiger partial charge in [-0.25, -0.2) is 8.42 Å². The van der Waals surface area contributed by atoms with E-state index in [9.17, 15) is 8.42 Å². The maximum absolute atomic E-state index is 13.0. The van der Waals surface area contributed by atoms with Crippen LogP contribution >= 0.6 is 0 Å². The summed E-state index contributed by atoms with van der Waals surface area (Å²) >= 11 is 0. The van der Waals surface area contributed by atoms with Gasteiger partial charge in [-0.3, -0.25) is 9.58 Å². The molecule has 3 fully saturated rings. The second-order valence-electron chi connectivity index (χ2n) is 7.18. The van der Waals surface area contributed by atoms with Crippen molar-refractivity contribution in [2.75, 3.05) is 19.6 Å². The number of fused-ring (bicyclic) bond motifs is 4. The molecule has 2 bridgehead atoms. The molecule has 0 aliphatic carbocycles. The molecule has 7 heteroatoms. The van der Waals surface area contributed by atoms with Gasteiger partial charge in [0.15, 0.2) is 0 Å². The smallest absolute Gasteiger partial charge is 0.246 e. The first-order chi connectivity index (χ1) is 12.0. The van der Waals surface area contributed by atoms with Crippen molar-refractivity contribution in [2.45, 2.75) is 30.3 Å².